The van der Waals surface area contributed by atoms with Crippen LogP contribution in [0.4, 0.5) is 19.1 Å². The number of nitrogens with one attached hydrogen (secondary N) is 3. The van der Waals surface area contributed by atoms with Gasteiger partial charge >= 0.3 is 6.18 Å². The highest BCUT2D eigenvalue weighted by Gasteiger charge is 2.34. The van der Waals surface area contributed by atoms with Crippen molar-refractivity contribution in [1.29, 1.82) is 0 Å². The first-order valence-corrected chi connectivity index (χ1v) is 10.6. The first-order chi connectivity index (χ1) is 15.5. The average Bonchev–Trinajstić information content (AvgIpc) is 3.52. The molecule has 1 fully saturated rings. The van der Waals surface area contributed by atoms with Crippen molar-refractivity contribution in [2.75, 3.05) is 11.9 Å². The Hall–Kier alpha value is -3.55. The zero-order valence-corrected chi connectivity index (χ0v) is 17.2. The van der Waals surface area contributed by atoms with Gasteiger partial charge in [-0.2, -0.15) is 13.2 Å². The highest BCUT2D eigenvalue weighted by atomic mass is 19.4. The van der Waals surface area contributed by atoms with Crippen LogP contribution < -0.4 is 10.6 Å². The van der Waals surface area contributed by atoms with Gasteiger partial charge in [0.1, 0.15) is 0 Å². The van der Waals surface area contributed by atoms with Crippen LogP contribution in [0, 0.1) is 5.92 Å². The molecule has 3 N–H and O–H groups in total. The summed E-state index contributed by atoms with van der Waals surface area (Å²) in [6.07, 6.45) is 4.54. The summed E-state index contributed by atoms with van der Waals surface area (Å²) in [4.78, 5) is 12.1. The van der Waals surface area contributed by atoms with Crippen LogP contribution in [0.25, 0.3) is 22.6 Å². The van der Waals surface area contributed by atoms with Crippen LogP contribution in [-0.2, 0) is 6.18 Å². The molecule has 0 unspecified atom stereocenters. The summed E-state index contributed by atoms with van der Waals surface area (Å²) in [5.74, 6) is 0.808. The highest BCUT2D eigenvalue weighted by molar-refractivity contribution is 5.71. The zero-order chi connectivity index (χ0) is 22.1. The normalized spacial score (nSPS) is 16.6. The molecule has 1 aliphatic carbocycles. The third-order valence-electron chi connectivity index (χ3n) is 5.53. The van der Waals surface area contributed by atoms with Gasteiger partial charge < -0.3 is 15.6 Å². The highest BCUT2D eigenvalue weighted by Crippen LogP contribution is 2.38. The second kappa shape index (κ2) is 8.18. The summed E-state index contributed by atoms with van der Waals surface area (Å²) >= 11 is 0. The molecule has 3 heterocycles. The Bertz CT molecular complexity index is 1170. The Morgan fingerprint density at radius 3 is 2.56 bits per heavy atom. The number of hydrogen-bond acceptors (Lipinski definition) is 4. The Balaban J connectivity index is 1.58. The topological polar surface area (TPSA) is 65.6 Å². The number of hydrogen-bond donors (Lipinski definition) is 3. The number of aromatic nitrogens is 3. The van der Waals surface area contributed by atoms with E-state index < -0.39 is 11.7 Å². The van der Waals surface area contributed by atoms with Gasteiger partial charge in [-0.05, 0) is 55.5 Å². The molecule has 0 bridgehead atoms. The monoisotopic (exact) mass is 437 g/mol. The number of nitrogens with zero attached hydrogens (tertiary/aromatic N) is 2. The van der Waals surface area contributed by atoms with Crippen LogP contribution in [0.1, 0.15) is 24.8 Å². The molecule has 0 saturated heterocycles. The van der Waals surface area contributed by atoms with Crippen LogP contribution in [0.2, 0.25) is 0 Å². The Kier molecular flexibility index (Phi) is 5.20. The number of aromatic amines is 1. The summed E-state index contributed by atoms with van der Waals surface area (Å²) in [7, 11) is 0. The second-order valence-electron chi connectivity index (χ2n) is 7.96. The van der Waals surface area contributed by atoms with Crippen molar-refractivity contribution in [2.45, 2.75) is 25.4 Å². The van der Waals surface area contributed by atoms with Crippen molar-refractivity contribution < 1.29 is 13.2 Å². The molecule has 0 spiro atoms. The molecule has 0 atom stereocenters. The van der Waals surface area contributed by atoms with Crippen LogP contribution in [0.5, 0.6) is 0 Å². The summed E-state index contributed by atoms with van der Waals surface area (Å²) < 4.78 is 41.0. The van der Waals surface area contributed by atoms with Crippen molar-refractivity contribution in [2.24, 2.45) is 5.92 Å². The number of anilines is 1. The number of H-pyrrole nitrogens is 1. The van der Waals surface area contributed by atoms with E-state index in [1.807, 2.05) is 12.1 Å². The number of alkyl halides is 3. The Morgan fingerprint density at radius 1 is 1.00 bits per heavy atom. The maximum atomic E-state index is 13.7. The minimum Gasteiger partial charge on any atom is -0.388 e. The third-order valence-corrected chi connectivity index (χ3v) is 5.53. The fraction of sp³-hybridized carbons (Fsp3) is 0.250. The quantitative estimate of drug-likeness (QED) is 0.476. The van der Waals surface area contributed by atoms with E-state index in [9.17, 15) is 13.2 Å². The first kappa shape index (κ1) is 20.4. The van der Waals surface area contributed by atoms with E-state index in [0.717, 1.165) is 24.7 Å². The Morgan fingerprint density at radius 2 is 1.81 bits per heavy atom. The van der Waals surface area contributed by atoms with Gasteiger partial charge in [0.05, 0.1) is 22.6 Å². The van der Waals surface area contributed by atoms with E-state index in [-0.39, 0.29) is 17.2 Å². The molecule has 3 aromatic rings. The van der Waals surface area contributed by atoms with Crippen molar-refractivity contribution in [3.8, 4) is 22.6 Å². The molecule has 1 aliphatic heterocycles. The van der Waals surface area contributed by atoms with Crippen molar-refractivity contribution >= 4 is 5.95 Å². The van der Waals surface area contributed by atoms with Gasteiger partial charge in [0.25, 0.3) is 0 Å². The van der Waals surface area contributed by atoms with Crippen molar-refractivity contribution in [1.82, 2.24) is 20.3 Å². The molecule has 1 aromatic carbocycles. The molecular formula is C24H22F3N5. The second-order valence-corrected chi connectivity index (χ2v) is 7.96. The van der Waals surface area contributed by atoms with E-state index in [4.69, 9.17) is 0 Å². The molecule has 5 nitrogen and oxygen atoms in total. The van der Waals surface area contributed by atoms with E-state index >= 15 is 0 Å². The Labute approximate surface area is 183 Å². The molecule has 32 heavy (non-hydrogen) atoms. The molecule has 5 rings (SSSR count). The first-order valence-electron chi connectivity index (χ1n) is 10.6. The van der Waals surface area contributed by atoms with E-state index in [1.165, 1.54) is 30.7 Å². The summed E-state index contributed by atoms with van der Waals surface area (Å²) in [6.45, 7) is 0.848. The third kappa shape index (κ3) is 4.39. The molecule has 0 radical (unpaired) electrons. The predicted octanol–water partition coefficient (Wildman–Crippen LogP) is 5.74. The SMILES string of the molecule is FC(F)(F)c1ccccc1-c1cc(-c2ccc[nH]2)nc(NC2=CCCNC(C3CC3)=C2)n1. The summed E-state index contributed by atoms with van der Waals surface area (Å²) in [5, 5.41) is 6.68. The lowest BCUT2D eigenvalue weighted by atomic mass is 10.0. The van der Waals surface area contributed by atoms with Gasteiger partial charge in [-0.1, -0.05) is 24.3 Å². The van der Waals surface area contributed by atoms with Crippen molar-refractivity contribution in [3.05, 3.63) is 77.8 Å². The minimum atomic E-state index is -4.49. The van der Waals surface area contributed by atoms with Crippen LogP contribution >= 0.6 is 0 Å². The molecule has 2 aromatic heterocycles. The molecule has 1 saturated carbocycles. The van der Waals surface area contributed by atoms with Gasteiger partial charge in [-0.3, -0.25) is 0 Å². The van der Waals surface area contributed by atoms with Gasteiger partial charge in [-0.15, -0.1) is 0 Å². The average molecular weight is 437 g/mol. The largest absolute Gasteiger partial charge is 0.417 e. The van der Waals surface area contributed by atoms with Crippen LogP contribution in [0.3, 0.4) is 0 Å². The fourth-order valence-electron chi connectivity index (χ4n) is 3.82. The van der Waals surface area contributed by atoms with E-state index in [1.54, 1.807) is 18.3 Å². The molecule has 8 heteroatoms. The summed E-state index contributed by atoms with van der Waals surface area (Å²) in [5.41, 5.74) is 2.74. The maximum Gasteiger partial charge on any atom is 0.417 e. The lowest BCUT2D eigenvalue weighted by molar-refractivity contribution is -0.137. The standard InChI is InChI=1S/C24H22F3N5/c25-24(26,27)18-7-2-1-6-17(18)21-14-22(19-8-4-12-28-19)32-23(31-21)30-16-5-3-11-29-20(13-16)15-9-10-15/h1-2,4-8,12-15,28-29H,3,9-11H2,(H,30,31,32). The van der Waals surface area contributed by atoms with Gasteiger partial charge in [-0.25, -0.2) is 9.97 Å². The predicted molar refractivity (Wildman–Crippen MR) is 117 cm³/mol. The van der Waals surface area contributed by atoms with Gasteiger partial charge in [0, 0.05) is 29.7 Å². The van der Waals surface area contributed by atoms with E-state index in [0.29, 0.717) is 17.3 Å². The number of rotatable bonds is 5. The number of benzene rings is 1. The van der Waals surface area contributed by atoms with Gasteiger partial charge in [0.15, 0.2) is 0 Å². The fourth-order valence-corrected chi connectivity index (χ4v) is 3.82. The zero-order valence-electron chi connectivity index (χ0n) is 17.2. The lowest BCUT2D eigenvalue weighted by Crippen LogP contribution is -2.14. The number of allylic oxidation sites excluding steroid dienone is 2. The van der Waals surface area contributed by atoms with E-state index in [2.05, 4.69) is 37.7 Å². The summed E-state index contributed by atoms with van der Waals surface area (Å²) in [6, 6.07) is 10.7. The maximum absolute atomic E-state index is 13.7. The molecule has 2 aliphatic rings. The smallest absolute Gasteiger partial charge is 0.388 e. The molecule has 0 amide bonds. The van der Waals surface area contributed by atoms with Crippen LogP contribution in [-0.4, -0.2) is 21.5 Å². The lowest BCUT2D eigenvalue weighted by Gasteiger charge is -2.14. The molecule has 164 valence electrons. The van der Waals surface area contributed by atoms with Gasteiger partial charge in [0.2, 0.25) is 5.95 Å². The number of halogens is 3. The van der Waals surface area contributed by atoms with Crippen molar-refractivity contribution in [3.63, 3.8) is 0 Å². The molecular weight excluding hydrogens is 415 g/mol. The van der Waals surface area contributed by atoms with Crippen LogP contribution in [0.15, 0.2) is 72.2 Å². The minimum absolute atomic E-state index is 0.0176.